The Morgan fingerprint density at radius 1 is 1.11 bits per heavy atom. The summed E-state index contributed by atoms with van der Waals surface area (Å²) in [7, 11) is 1.70. The number of rotatable bonds is 6. The molecule has 0 unspecified atom stereocenters. The Hall–Kier alpha value is -2.22. The van der Waals surface area contributed by atoms with Crippen molar-refractivity contribution >= 4 is 28.3 Å². The number of halogens is 1. The molecule has 28 heavy (non-hydrogen) atoms. The van der Waals surface area contributed by atoms with E-state index >= 15 is 0 Å². The first-order chi connectivity index (χ1) is 13.7. The molecule has 4 rings (SSSR count). The number of pyridine rings is 1. The second-order valence-electron chi connectivity index (χ2n) is 6.72. The van der Waals surface area contributed by atoms with Crippen LogP contribution in [0.25, 0.3) is 11.4 Å². The molecule has 0 spiro atoms. The van der Waals surface area contributed by atoms with Gasteiger partial charge in [-0.2, -0.15) is 9.36 Å². The molecular formula is C20H22ClN5OS. The molecule has 6 nitrogen and oxygen atoms in total. The van der Waals surface area contributed by atoms with Crippen LogP contribution in [0.15, 0.2) is 42.7 Å². The fraction of sp³-hybridized carbons (Fsp3) is 0.350. The Labute approximate surface area is 173 Å². The molecule has 2 aromatic heterocycles. The topological polar surface area (TPSA) is 54.4 Å². The van der Waals surface area contributed by atoms with Crippen LogP contribution < -0.4 is 9.64 Å². The first-order valence-electron chi connectivity index (χ1n) is 9.26. The lowest BCUT2D eigenvalue weighted by atomic mass is 10.1. The molecule has 0 atom stereocenters. The number of piperazine rings is 1. The summed E-state index contributed by atoms with van der Waals surface area (Å²) in [5.74, 6) is 1.60. The van der Waals surface area contributed by atoms with Gasteiger partial charge in [-0.05, 0) is 30.2 Å². The van der Waals surface area contributed by atoms with Crippen LogP contribution in [-0.2, 0) is 6.42 Å². The summed E-state index contributed by atoms with van der Waals surface area (Å²) in [5, 5.41) is 1.56. The summed E-state index contributed by atoms with van der Waals surface area (Å²) in [6.45, 7) is 5.05. The SMILES string of the molecule is COc1ccc(CCN2CCN(c3nc(-c4cncc(Cl)c4)ns3)CC2)cc1. The molecule has 3 heterocycles. The summed E-state index contributed by atoms with van der Waals surface area (Å²) in [6, 6.07) is 10.2. The lowest BCUT2D eigenvalue weighted by Gasteiger charge is -2.34. The molecule has 0 N–H and O–H groups in total. The predicted molar refractivity (Wildman–Crippen MR) is 114 cm³/mol. The molecule has 3 aromatic rings. The Morgan fingerprint density at radius 2 is 1.89 bits per heavy atom. The number of hydrogen-bond acceptors (Lipinski definition) is 7. The van der Waals surface area contributed by atoms with Gasteiger partial charge >= 0.3 is 0 Å². The first kappa shape index (κ1) is 19.1. The maximum Gasteiger partial charge on any atom is 0.205 e. The zero-order valence-electron chi connectivity index (χ0n) is 15.7. The monoisotopic (exact) mass is 415 g/mol. The van der Waals surface area contributed by atoms with Crippen LogP contribution in [0.5, 0.6) is 5.75 Å². The predicted octanol–water partition coefficient (Wildman–Crippen LogP) is 3.63. The molecule has 1 saturated heterocycles. The Balaban J connectivity index is 1.29. The van der Waals surface area contributed by atoms with Crippen LogP contribution in [0.3, 0.4) is 0 Å². The third-order valence-corrected chi connectivity index (χ3v) is 5.88. The van der Waals surface area contributed by atoms with Crippen molar-refractivity contribution in [2.75, 3.05) is 44.7 Å². The van der Waals surface area contributed by atoms with Gasteiger partial charge in [0, 0.05) is 62.2 Å². The number of methoxy groups -OCH3 is 1. The van der Waals surface area contributed by atoms with Gasteiger partial charge in [0.25, 0.3) is 0 Å². The zero-order valence-corrected chi connectivity index (χ0v) is 17.3. The highest BCUT2D eigenvalue weighted by atomic mass is 35.5. The van der Waals surface area contributed by atoms with Crippen molar-refractivity contribution in [3.63, 3.8) is 0 Å². The maximum absolute atomic E-state index is 6.02. The van der Waals surface area contributed by atoms with E-state index in [-0.39, 0.29) is 0 Å². The highest BCUT2D eigenvalue weighted by molar-refractivity contribution is 7.09. The Bertz CT molecular complexity index is 909. The number of hydrogen-bond donors (Lipinski definition) is 0. The van der Waals surface area contributed by atoms with Gasteiger partial charge in [-0.25, -0.2) is 0 Å². The standard InChI is InChI=1S/C20H22ClN5OS/c1-27-18-4-2-15(3-5-18)6-7-25-8-10-26(11-9-25)20-23-19(24-28-20)16-12-17(21)14-22-13-16/h2-5,12-14H,6-11H2,1H3. The molecule has 1 fully saturated rings. The molecule has 1 aliphatic heterocycles. The van der Waals surface area contributed by atoms with Crippen molar-refractivity contribution in [1.82, 2.24) is 19.2 Å². The number of benzene rings is 1. The van der Waals surface area contributed by atoms with Crippen LogP contribution in [0.1, 0.15) is 5.56 Å². The molecule has 0 radical (unpaired) electrons. The minimum atomic E-state index is 0.597. The van der Waals surface area contributed by atoms with Crippen LogP contribution in [0.4, 0.5) is 5.13 Å². The molecular weight excluding hydrogens is 394 g/mol. The zero-order chi connectivity index (χ0) is 19.3. The lowest BCUT2D eigenvalue weighted by molar-refractivity contribution is 0.261. The van der Waals surface area contributed by atoms with Crippen molar-refractivity contribution in [3.8, 4) is 17.1 Å². The van der Waals surface area contributed by atoms with Gasteiger partial charge in [0.2, 0.25) is 5.13 Å². The van der Waals surface area contributed by atoms with E-state index in [1.807, 2.05) is 18.2 Å². The fourth-order valence-corrected chi connectivity index (χ4v) is 4.15. The highest BCUT2D eigenvalue weighted by Crippen LogP contribution is 2.25. The van der Waals surface area contributed by atoms with E-state index in [2.05, 4.69) is 36.3 Å². The summed E-state index contributed by atoms with van der Waals surface area (Å²) in [5.41, 5.74) is 2.19. The fourth-order valence-electron chi connectivity index (χ4n) is 3.24. The van der Waals surface area contributed by atoms with Crippen LogP contribution in [0, 0.1) is 0 Å². The smallest absolute Gasteiger partial charge is 0.205 e. The van der Waals surface area contributed by atoms with Gasteiger partial charge in [0.15, 0.2) is 5.82 Å². The molecule has 0 saturated carbocycles. The molecule has 0 amide bonds. The van der Waals surface area contributed by atoms with Gasteiger partial charge in [-0.3, -0.25) is 9.88 Å². The lowest BCUT2D eigenvalue weighted by Crippen LogP contribution is -2.47. The minimum absolute atomic E-state index is 0.597. The van der Waals surface area contributed by atoms with Crippen LogP contribution in [0.2, 0.25) is 5.02 Å². The normalized spacial score (nSPS) is 15.0. The van der Waals surface area contributed by atoms with Gasteiger partial charge in [-0.15, -0.1) is 0 Å². The molecule has 1 aromatic carbocycles. The van der Waals surface area contributed by atoms with E-state index in [9.17, 15) is 0 Å². The Morgan fingerprint density at radius 3 is 2.61 bits per heavy atom. The molecule has 1 aliphatic rings. The summed E-state index contributed by atoms with van der Waals surface area (Å²) < 4.78 is 9.70. The average Bonchev–Trinajstić information content (AvgIpc) is 3.23. The number of ether oxygens (including phenoxy) is 1. The maximum atomic E-state index is 6.02. The van der Waals surface area contributed by atoms with Crippen molar-refractivity contribution in [3.05, 3.63) is 53.3 Å². The third-order valence-electron chi connectivity index (χ3n) is 4.90. The van der Waals surface area contributed by atoms with Crippen molar-refractivity contribution < 1.29 is 4.74 Å². The van der Waals surface area contributed by atoms with E-state index in [4.69, 9.17) is 16.3 Å². The largest absolute Gasteiger partial charge is 0.497 e. The second kappa shape index (κ2) is 8.86. The van der Waals surface area contributed by atoms with Gasteiger partial charge < -0.3 is 9.64 Å². The number of nitrogens with zero attached hydrogens (tertiary/aromatic N) is 5. The number of anilines is 1. The second-order valence-corrected chi connectivity index (χ2v) is 7.89. The van der Waals surface area contributed by atoms with E-state index in [0.29, 0.717) is 10.8 Å². The summed E-state index contributed by atoms with van der Waals surface area (Å²) in [4.78, 5) is 13.6. The first-order valence-corrected chi connectivity index (χ1v) is 10.4. The quantitative estimate of drug-likeness (QED) is 0.612. The van der Waals surface area contributed by atoms with Gasteiger partial charge in [-0.1, -0.05) is 23.7 Å². The molecule has 8 heteroatoms. The summed E-state index contributed by atoms with van der Waals surface area (Å²) in [6.07, 6.45) is 4.41. The van der Waals surface area contributed by atoms with Crippen LogP contribution in [-0.4, -0.2) is 59.1 Å². The van der Waals surface area contributed by atoms with Gasteiger partial charge in [0.05, 0.1) is 12.1 Å². The van der Waals surface area contributed by atoms with Crippen LogP contribution >= 0.6 is 23.1 Å². The average molecular weight is 416 g/mol. The van der Waals surface area contributed by atoms with E-state index in [0.717, 1.165) is 55.6 Å². The van der Waals surface area contributed by atoms with E-state index < -0.39 is 0 Å². The molecule has 0 aliphatic carbocycles. The van der Waals surface area contributed by atoms with Crippen molar-refractivity contribution in [2.24, 2.45) is 0 Å². The number of aromatic nitrogens is 3. The minimum Gasteiger partial charge on any atom is -0.497 e. The van der Waals surface area contributed by atoms with E-state index in [1.54, 1.807) is 19.5 Å². The highest BCUT2D eigenvalue weighted by Gasteiger charge is 2.20. The van der Waals surface area contributed by atoms with Crippen molar-refractivity contribution in [2.45, 2.75) is 6.42 Å². The summed E-state index contributed by atoms with van der Waals surface area (Å²) >= 11 is 7.45. The van der Waals surface area contributed by atoms with E-state index in [1.165, 1.54) is 17.1 Å². The molecule has 0 bridgehead atoms. The van der Waals surface area contributed by atoms with Gasteiger partial charge in [0.1, 0.15) is 5.75 Å². The molecule has 146 valence electrons. The third kappa shape index (κ3) is 4.60. The Kier molecular flexibility index (Phi) is 6.04. The van der Waals surface area contributed by atoms with Crippen molar-refractivity contribution in [1.29, 1.82) is 0 Å².